The van der Waals surface area contributed by atoms with Gasteiger partial charge in [0, 0.05) is 60.2 Å². The van der Waals surface area contributed by atoms with E-state index in [1.165, 1.54) is 6.07 Å². The van der Waals surface area contributed by atoms with Crippen LogP contribution in [0, 0.1) is 17.7 Å². The molecule has 3 fully saturated rings. The van der Waals surface area contributed by atoms with Gasteiger partial charge in [-0.25, -0.2) is 4.39 Å². The molecule has 190 valence electrons. The molecular weight excluding hydrogens is 473 g/mol. The number of aromatic nitrogens is 2. The highest BCUT2D eigenvalue weighted by Crippen LogP contribution is 2.46. The van der Waals surface area contributed by atoms with Crippen molar-refractivity contribution in [3.8, 4) is 11.1 Å². The van der Waals surface area contributed by atoms with Gasteiger partial charge >= 0.3 is 0 Å². The van der Waals surface area contributed by atoms with Crippen molar-refractivity contribution in [3.63, 3.8) is 0 Å². The Labute approximate surface area is 213 Å². The molecule has 2 aliphatic carbocycles. The first-order valence-electron chi connectivity index (χ1n) is 13.0. The van der Waals surface area contributed by atoms with Gasteiger partial charge in [0.1, 0.15) is 17.2 Å². The number of aliphatic hydroxyl groups is 1. The number of rotatable bonds is 7. The Morgan fingerprint density at radius 2 is 1.84 bits per heavy atom. The van der Waals surface area contributed by atoms with E-state index in [1.807, 2.05) is 34.1 Å². The van der Waals surface area contributed by atoms with Crippen LogP contribution in [0.3, 0.4) is 0 Å². The molecule has 4 aliphatic rings. The zero-order chi connectivity index (χ0) is 25.3. The number of likely N-dealkylation sites (tertiary alicyclic amines) is 1. The average molecular weight is 502 g/mol. The number of benzene rings is 2. The first kappa shape index (κ1) is 22.6. The minimum absolute atomic E-state index is 0.0346. The van der Waals surface area contributed by atoms with Crippen LogP contribution in [0.4, 0.5) is 4.39 Å². The first-order chi connectivity index (χ1) is 17.9. The SMILES string of the molecule is O=C(C1CC1)N1CC(CN2C(=O)C3(CC3)N=C2c2ccc(-c3cc4cn(CCO)nc4cc3F)cc2)C1. The lowest BCUT2D eigenvalue weighted by molar-refractivity contribution is -0.139. The van der Waals surface area contributed by atoms with E-state index in [0.29, 0.717) is 43.1 Å². The standard InChI is InChI=1S/C28H28FN5O3/c29-23-12-24-21(16-33(31-24)9-10-35)11-22(23)18-1-3-19(4-2-18)25-30-28(7-8-28)27(37)34(25)15-17-13-32(14-17)26(36)20-5-6-20/h1-4,11-12,16-17,20,35H,5-10,13-15H2. The molecule has 1 N–H and O–H groups in total. The summed E-state index contributed by atoms with van der Waals surface area (Å²) in [4.78, 5) is 34.1. The lowest BCUT2D eigenvalue weighted by Gasteiger charge is -2.41. The van der Waals surface area contributed by atoms with Crippen molar-refractivity contribution in [1.82, 2.24) is 19.6 Å². The Morgan fingerprint density at radius 1 is 1.11 bits per heavy atom. The number of hydrogen-bond acceptors (Lipinski definition) is 5. The predicted molar refractivity (Wildman–Crippen MR) is 135 cm³/mol. The normalized spacial score (nSPS) is 20.6. The molecule has 8 nitrogen and oxygen atoms in total. The summed E-state index contributed by atoms with van der Waals surface area (Å²) in [6.45, 7) is 2.30. The van der Waals surface area contributed by atoms with Crippen molar-refractivity contribution >= 4 is 28.6 Å². The molecule has 0 unspecified atom stereocenters. The minimum atomic E-state index is -0.604. The van der Waals surface area contributed by atoms with Crippen molar-refractivity contribution in [1.29, 1.82) is 0 Å². The number of aliphatic imine (C=N–C) groups is 1. The number of amides is 2. The van der Waals surface area contributed by atoms with Gasteiger partial charge in [-0.05, 0) is 37.3 Å². The minimum Gasteiger partial charge on any atom is -0.394 e. The number of aliphatic hydroxyl groups excluding tert-OH is 1. The number of halogens is 1. The summed E-state index contributed by atoms with van der Waals surface area (Å²) in [6.07, 6.45) is 5.36. The quantitative estimate of drug-likeness (QED) is 0.539. The van der Waals surface area contributed by atoms with Crippen molar-refractivity contribution in [2.45, 2.75) is 37.8 Å². The second-order valence-corrected chi connectivity index (χ2v) is 10.9. The van der Waals surface area contributed by atoms with E-state index in [9.17, 15) is 14.0 Å². The molecule has 2 amide bonds. The van der Waals surface area contributed by atoms with Crippen LogP contribution in [0.25, 0.3) is 22.0 Å². The molecule has 2 aromatic carbocycles. The second kappa shape index (κ2) is 8.21. The van der Waals surface area contributed by atoms with E-state index in [-0.39, 0.29) is 36.1 Å². The maximum absolute atomic E-state index is 15.0. The Bertz CT molecular complexity index is 1450. The predicted octanol–water partition coefficient (Wildman–Crippen LogP) is 2.82. The number of carbonyl (C=O) groups is 2. The van der Waals surface area contributed by atoms with Gasteiger partial charge < -0.3 is 10.0 Å². The Hall–Kier alpha value is -3.59. The zero-order valence-electron chi connectivity index (χ0n) is 20.4. The van der Waals surface area contributed by atoms with Gasteiger partial charge in [0.2, 0.25) is 5.91 Å². The van der Waals surface area contributed by atoms with Gasteiger partial charge in [-0.2, -0.15) is 5.10 Å². The van der Waals surface area contributed by atoms with Gasteiger partial charge in [0.05, 0.1) is 18.7 Å². The van der Waals surface area contributed by atoms with Crippen LogP contribution in [0.2, 0.25) is 0 Å². The molecule has 2 aliphatic heterocycles. The number of fused-ring (bicyclic) bond motifs is 1. The monoisotopic (exact) mass is 501 g/mol. The topological polar surface area (TPSA) is 91.0 Å². The molecule has 0 bridgehead atoms. The van der Waals surface area contributed by atoms with Crippen LogP contribution in [-0.2, 0) is 16.1 Å². The Balaban J connectivity index is 1.11. The molecule has 3 aromatic rings. The van der Waals surface area contributed by atoms with Crippen molar-refractivity contribution in [3.05, 3.63) is 54.0 Å². The second-order valence-electron chi connectivity index (χ2n) is 10.9. The molecule has 9 heteroatoms. The van der Waals surface area contributed by atoms with Gasteiger partial charge in [0.25, 0.3) is 5.91 Å². The summed E-state index contributed by atoms with van der Waals surface area (Å²) in [5.74, 6) is 1.13. The first-order valence-corrected chi connectivity index (χ1v) is 13.0. The highest BCUT2D eigenvalue weighted by atomic mass is 19.1. The van der Waals surface area contributed by atoms with E-state index < -0.39 is 5.54 Å². The third-order valence-corrected chi connectivity index (χ3v) is 8.00. The molecule has 0 atom stereocenters. The summed E-state index contributed by atoms with van der Waals surface area (Å²) in [7, 11) is 0. The highest BCUT2D eigenvalue weighted by Gasteiger charge is 2.57. The number of carbonyl (C=O) groups excluding carboxylic acids is 2. The van der Waals surface area contributed by atoms with Crippen molar-refractivity contribution in [2.24, 2.45) is 16.8 Å². The van der Waals surface area contributed by atoms with E-state index in [2.05, 4.69) is 5.10 Å². The van der Waals surface area contributed by atoms with Crippen molar-refractivity contribution in [2.75, 3.05) is 26.2 Å². The number of amidine groups is 1. The molecule has 0 radical (unpaired) electrons. The maximum Gasteiger partial charge on any atom is 0.256 e. The lowest BCUT2D eigenvalue weighted by Crippen LogP contribution is -2.55. The zero-order valence-corrected chi connectivity index (χ0v) is 20.4. The molecule has 3 heterocycles. The lowest BCUT2D eigenvalue weighted by atomic mass is 9.97. The molecule has 37 heavy (non-hydrogen) atoms. The molecule has 7 rings (SSSR count). The van der Waals surface area contributed by atoms with Gasteiger partial charge in [-0.1, -0.05) is 24.3 Å². The molecule has 2 saturated carbocycles. The fourth-order valence-corrected chi connectivity index (χ4v) is 5.54. The smallest absolute Gasteiger partial charge is 0.256 e. The Morgan fingerprint density at radius 3 is 2.51 bits per heavy atom. The fraction of sp³-hybridized carbons (Fsp3) is 0.429. The van der Waals surface area contributed by atoms with Crippen LogP contribution in [0.5, 0.6) is 0 Å². The largest absolute Gasteiger partial charge is 0.394 e. The summed E-state index contributed by atoms with van der Waals surface area (Å²) in [6, 6.07) is 10.7. The van der Waals surface area contributed by atoms with E-state index in [0.717, 1.165) is 42.2 Å². The Kier molecular flexibility index (Phi) is 5.01. The van der Waals surface area contributed by atoms with Crippen LogP contribution in [0.15, 0.2) is 47.6 Å². The third kappa shape index (κ3) is 3.83. The van der Waals surface area contributed by atoms with Crippen LogP contribution >= 0.6 is 0 Å². The van der Waals surface area contributed by atoms with Gasteiger partial charge in [-0.3, -0.25) is 24.2 Å². The van der Waals surface area contributed by atoms with E-state index in [4.69, 9.17) is 10.1 Å². The third-order valence-electron chi connectivity index (χ3n) is 8.00. The van der Waals surface area contributed by atoms with Gasteiger partial charge in [-0.15, -0.1) is 0 Å². The number of nitrogens with zero attached hydrogens (tertiary/aromatic N) is 5. The summed E-state index contributed by atoms with van der Waals surface area (Å²) < 4.78 is 16.6. The molecule has 1 spiro atoms. The summed E-state index contributed by atoms with van der Waals surface area (Å²) >= 11 is 0. The van der Waals surface area contributed by atoms with Gasteiger partial charge in [0.15, 0.2) is 0 Å². The molecule has 1 aromatic heterocycles. The summed E-state index contributed by atoms with van der Waals surface area (Å²) in [5, 5.41) is 14.3. The average Bonchev–Trinajstić information content (AvgIpc) is 3.78. The number of hydrogen-bond donors (Lipinski definition) is 1. The molecular formula is C28H28FN5O3. The van der Waals surface area contributed by atoms with E-state index in [1.54, 1.807) is 16.9 Å². The van der Waals surface area contributed by atoms with Crippen LogP contribution in [0.1, 0.15) is 31.2 Å². The fourth-order valence-electron chi connectivity index (χ4n) is 5.54. The summed E-state index contributed by atoms with van der Waals surface area (Å²) in [5.41, 5.74) is 1.97. The van der Waals surface area contributed by atoms with Crippen LogP contribution < -0.4 is 0 Å². The van der Waals surface area contributed by atoms with Crippen LogP contribution in [-0.4, -0.2) is 74.1 Å². The maximum atomic E-state index is 15.0. The van der Waals surface area contributed by atoms with Crippen molar-refractivity contribution < 1.29 is 19.1 Å². The van der Waals surface area contributed by atoms with E-state index >= 15 is 0 Å². The highest BCUT2D eigenvalue weighted by molar-refractivity contribution is 6.16. The molecule has 1 saturated heterocycles.